The molecule has 8 heteroatoms. The summed E-state index contributed by atoms with van der Waals surface area (Å²) < 4.78 is 9.96. The monoisotopic (exact) mass is 451 g/mol. The summed E-state index contributed by atoms with van der Waals surface area (Å²) in [7, 11) is 1.42. The summed E-state index contributed by atoms with van der Waals surface area (Å²) in [5.74, 6) is -1.02. The van der Waals surface area contributed by atoms with Gasteiger partial charge in [0.05, 0.1) is 5.56 Å². The van der Waals surface area contributed by atoms with Crippen LogP contribution in [0.2, 0.25) is 5.02 Å². The van der Waals surface area contributed by atoms with Crippen molar-refractivity contribution in [3.8, 4) is 11.1 Å². The number of nitrogens with one attached hydrogen (secondary N) is 2. The molecular formula is C24H22ClN3O4. The maximum absolute atomic E-state index is 13.1. The minimum atomic E-state index is -0.572. The number of anilines is 1. The lowest BCUT2D eigenvalue weighted by molar-refractivity contribution is -0.0124. The third-order valence-electron chi connectivity index (χ3n) is 4.67. The molecule has 0 aliphatic rings. The summed E-state index contributed by atoms with van der Waals surface area (Å²) in [5.41, 5.74) is 9.03. The molecule has 0 heterocycles. The second kappa shape index (κ2) is 10.1. The van der Waals surface area contributed by atoms with Crippen LogP contribution in [0, 0.1) is 12.3 Å². The molecule has 4 N–H and O–H groups in total. The van der Waals surface area contributed by atoms with Crippen molar-refractivity contribution in [2.45, 2.75) is 6.92 Å². The van der Waals surface area contributed by atoms with Gasteiger partial charge >= 0.3 is 5.97 Å². The maximum Gasteiger partial charge on any atom is 0.340 e. The molecule has 3 aromatic carbocycles. The summed E-state index contributed by atoms with van der Waals surface area (Å²) in [6.07, 6.45) is 0. The summed E-state index contributed by atoms with van der Waals surface area (Å²) in [4.78, 5) is 25.7. The van der Waals surface area contributed by atoms with Gasteiger partial charge in [-0.2, -0.15) is 0 Å². The standard InChI is InChI=1S/C24H22ClN3O4/c1-14-3-9-18(21(11-14)24(30)32-13-31-2)20-12-16(25)6-10-19(20)23(29)28-17-7-4-15(5-8-17)22(26)27/h3-12H,13H2,1-2H3,(H3,26,27)(H,28,29). The smallest absolute Gasteiger partial charge is 0.340 e. The van der Waals surface area contributed by atoms with Gasteiger partial charge in [0, 0.05) is 28.9 Å². The number of benzene rings is 3. The molecule has 0 saturated carbocycles. The zero-order valence-corrected chi connectivity index (χ0v) is 18.3. The summed E-state index contributed by atoms with van der Waals surface area (Å²) >= 11 is 6.23. The van der Waals surface area contributed by atoms with E-state index in [2.05, 4.69) is 5.32 Å². The molecule has 0 saturated heterocycles. The number of halogens is 1. The highest BCUT2D eigenvalue weighted by molar-refractivity contribution is 6.31. The molecule has 0 radical (unpaired) electrons. The topological polar surface area (TPSA) is 114 Å². The predicted molar refractivity (Wildman–Crippen MR) is 124 cm³/mol. The number of hydrogen-bond acceptors (Lipinski definition) is 5. The van der Waals surface area contributed by atoms with Gasteiger partial charge in [-0.15, -0.1) is 0 Å². The molecule has 164 valence electrons. The Bertz CT molecular complexity index is 1180. The molecule has 0 spiro atoms. The SMILES string of the molecule is COCOC(=O)c1cc(C)ccc1-c1cc(Cl)ccc1C(=O)Nc1ccc(C(=N)N)cc1. The number of rotatable bonds is 7. The Morgan fingerprint density at radius 3 is 2.38 bits per heavy atom. The molecule has 1 amide bonds. The number of carbonyl (C=O) groups is 2. The molecule has 0 bridgehead atoms. The van der Waals surface area contributed by atoms with Crippen molar-refractivity contribution in [2.75, 3.05) is 19.2 Å². The highest BCUT2D eigenvalue weighted by Gasteiger charge is 2.20. The molecule has 0 unspecified atom stereocenters. The molecule has 0 aliphatic heterocycles. The number of hydrogen-bond donors (Lipinski definition) is 3. The highest BCUT2D eigenvalue weighted by Crippen LogP contribution is 2.31. The Balaban J connectivity index is 2.01. The Hall–Kier alpha value is -3.68. The molecule has 32 heavy (non-hydrogen) atoms. The fourth-order valence-electron chi connectivity index (χ4n) is 3.12. The predicted octanol–water partition coefficient (Wildman–Crippen LogP) is 4.61. The van der Waals surface area contributed by atoms with E-state index in [1.165, 1.54) is 7.11 Å². The van der Waals surface area contributed by atoms with E-state index in [0.717, 1.165) is 5.56 Å². The second-order valence-electron chi connectivity index (χ2n) is 7.02. The first-order valence-corrected chi connectivity index (χ1v) is 10.0. The summed E-state index contributed by atoms with van der Waals surface area (Å²) in [6.45, 7) is 1.67. The highest BCUT2D eigenvalue weighted by atomic mass is 35.5. The summed E-state index contributed by atoms with van der Waals surface area (Å²) in [5, 5.41) is 10.7. The number of amidine groups is 1. The second-order valence-corrected chi connectivity index (χ2v) is 7.46. The third-order valence-corrected chi connectivity index (χ3v) is 4.91. The van der Waals surface area contributed by atoms with Crippen LogP contribution in [0.3, 0.4) is 0 Å². The third kappa shape index (κ3) is 5.32. The van der Waals surface area contributed by atoms with Gasteiger partial charge in [-0.05, 0) is 66.6 Å². The number of nitrogen functional groups attached to an aromatic ring is 1. The Labute approximate surface area is 190 Å². The van der Waals surface area contributed by atoms with Crippen molar-refractivity contribution in [3.63, 3.8) is 0 Å². The van der Waals surface area contributed by atoms with Crippen LogP contribution in [0.4, 0.5) is 5.69 Å². The fourth-order valence-corrected chi connectivity index (χ4v) is 3.29. The van der Waals surface area contributed by atoms with E-state index in [1.54, 1.807) is 54.6 Å². The van der Waals surface area contributed by atoms with E-state index < -0.39 is 5.97 Å². The zero-order valence-electron chi connectivity index (χ0n) is 17.6. The fraction of sp³-hybridized carbons (Fsp3) is 0.125. The Kier molecular flexibility index (Phi) is 7.25. The van der Waals surface area contributed by atoms with Crippen molar-refractivity contribution >= 4 is 35.0 Å². The van der Waals surface area contributed by atoms with Crippen molar-refractivity contribution in [3.05, 3.63) is 87.9 Å². The molecule has 7 nitrogen and oxygen atoms in total. The lowest BCUT2D eigenvalue weighted by Crippen LogP contribution is -2.15. The molecule has 0 atom stereocenters. The van der Waals surface area contributed by atoms with Crippen LogP contribution < -0.4 is 11.1 Å². The van der Waals surface area contributed by atoms with Crippen molar-refractivity contribution in [1.29, 1.82) is 5.41 Å². The largest absolute Gasteiger partial charge is 0.435 e. The first kappa shape index (κ1) is 23.0. The van der Waals surface area contributed by atoms with E-state index in [9.17, 15) is 9.59 Å². The maximum atomic E-state index is 13.1. The summed E-state index contributed by atoms with van der Waals surface area (Å²) in [6, 6.07) is 16.7. The van der Waals surface area contributed by atoms with Crippen LogP contribution in [0.1, 0.15) is 31.8 Å². The van der Waals surface area contributed by atoms with Crippen LogP contribution in [0.5, 0.6) is 0 Å². The number of amides is 1. The van der Waals surface area contributed by atoms with Crippen LogP contribution in [0.25, 0.3) is 11.1 Å². The van der Waals surface area contributed by atoms with Crippen LogP contribution in [-0.2, 0) is 9.47 Å². The quantitative estimate of drug-likeness (QED) is 0.210. The molecular weight excluding hydrogens is 430 g/mol. The minimum absolute atomic E-state index is 0.0601. The van der Waals surface area contributed by atoms with E-state index in [0.29, 0.717) is 38.5 Å². The number of ether oxygens (including phenoxy) is 2. The van der Waals surface area contributed by atoms with Gasteiger partial charge in [0.25, 0.3) is 5.91 Å². The van der Waals surface area contributed by atoms with E-state index >= 15 is 0 Å². The number of nitrogens with two attached hydrogens (primary N) is 1. The Morgan fingerprint density at radius 2 is 1.72 bits per heavy atom. The van der Waals surface area contributed by atoms with Gasteiger partial charge < -0.3 is 20.5 Å². The Morgan fingerprint density at radius 1 is 1.00 bits per heavy atom. The van der Waals surface area contributed by atoms with Crippen LogP contribution in [0.15, 0.2) is 60.7 Å². The van der Waals surface area contributed by atoms with E-state index in [4.69, 9.17) is 32.2 Å². The molecule has 0 aliphatic carbocycles. The molecule has 0 aromatic heterocycles. The number of methoxy groups -OCH3 is 1. The molecule has 3 aromatic rings. The number of carbonyl (C=O) groups excluding carboxylic acids is 2. The van der Waals surface area contributed by atoms with E-state index in [1.807, 2.05) is 13.0 Å². The normalized spacial score (nSPS) is 10.5. The van der Waals surface area contributed by atoms with Crippen LogP contribution in [-0.4, -0.2) is 31.6 Å². The van der Waals surface area contributed by atoms with Crippen LogP contribution >= 0.6 is 11.6 Å². The van der Waals surface area contributed by atoms with Gasteiger partial charge in [-0.3, -0.25) is 10.2 Å². The van der Waals surface area contributed by atoms with Gasteiger partial charge in [-0.25, -0.2) is 4.79 Å². The number of esters is 1. The average Bonchev–Trinajstić information content (AvgIpc) is 2.77. The first-order chi connectivity index (χ1) is 15.3. The van der Waals surface area contributed by atoms with Gasteiger partial charge in [0.1, 0.15) is 5.84 Å². The number of aryl methyl sites for hydroxylation is 1. The van der Waals surface area contributed by atoms with Gasteiger partial charge in [0.2, 0.25) is 0 Å². The molecule has 0 fully saturated rings. The molecule has 3 rings (SSSR count). The van der Waals surface area contributed by atoms with Crippen molar-refractivity contribution in [2.24, 2.45) is 5.73 Å². The lowest BCUT2D eigenvalue weighted by atomic mass is 9.93. The zero-order chi connectivity index (χ0) is 23.3. The minimum Gasteiger partial charge on any atom is -0.435 e. The van der Waals surface area contributed by atoms with Crippen molar-refractivity contribution in [1.82, 2.24) is 0 Å². The average molecular weight is 452 g/mol. The van der Waals surface area contributed by atoms with Gasteiger partial charge in [0.15, 0.2) is 6.79 Å². The van der Waals surface area contributed by atoms with Crippen molar-refractivity contribution < 1.29 is 19.1 Å². The first-order valence-electron chi connectivity index (χ1n) is 9.62. The van der Waals surface area contributed by atoms with Gasteiger partial charge in [-0.1, -0.05) is 29.3 Å². The van der Waals surface area contributed by atoms with E-state index in [-0.39, 0.29) is 18.5 Å². The lowest BCUT2D eigenvalue weighted by Gasteiger charge is -2.15.